The molecule has 0 atom stereocenters. The molecule has 0 spiro atoms. The molecule has 0 aliphatic heterocycles. The van der Waals surface area contributed by atoms with Crippen molar-refractivity contribution in [2.75, 3.05) is 26.9 Å². The maximum atomic E-state index is 13.7. The van der Waals surface area contributed by atoms with Gasteiger partial charge in [0, 0.05) is 26.6 Å². The van der Waals surface area contributed by atoms with Crippen molar-refractivity contribution < 1.29 is 18.3 Å². The van der Waals surface area contributed by atoms with Gasteiger partial charge in [0.15, 0.2) is 17.4 Å². The normalized spacial score (nSPS) is 10.0. The lowest BCUT2D eigenvalue weighted by atomic mass is 10.2. The molecule has 3 nitrogen and oxygen atoms in total. The van der Waals surface area contributed by atoms with Crippen molar-refractivity contribution in [2.24, 2.45) is 0 Å². The first-order chi connectivity index (χ1) is 9.69. The largest absolute Gasteiger partial charge is 0.487 e. The first-order valence-electron chi connectivity index (χ1n) is 6.39. The van der Waals surface area contributed by atoms with Gasteiger partial charge in [0.1, 0.15) is 0 Å². The molecule has 20 heavy (non-hydrogen) atoms. The second-order valence-electron chi connectivity index (χ2n) is 4.08. The van der Waals surface area contributed by atoms with E-state index >= 15 is 0 Å². The van der Waals surface area contributed by atoms with Crippen LogP contribution in [-0.4, -0.2) is 26.9 Å². The molecule has 0 fully saturated rings. The molecule has 0 radical (unpaired) electrons. The zero-order chi connectivity index (χ0) is 14.8. The molecule has 110 valence electrons. The Labute approximate surface area is 118 Å². The van der Waals surface area contributed by atoms with Crippen molar-refractivity contribution >= 4 is 0 Å². The predicted molar refractivity (Wildman–Crippen MR) is 73.5 cm³/mol. The Morgan fingerprint density at radius 1 is 1.20 bits per heavy atom. The van der Waals surface area contributed by atoms with E-state index in [0.717, 1.165) is 0 Å². The molecule has 0 heterocycles. The Morgan fingerprint density at radius 3 is 2.50 bits per heavy atom. The summed E-state index contributed by atoms with van der Waals surface area (Å²) < 4.78 is 37.4. The van der Waals surface area contributed by atoms with Gasteiger partial charge < -0.3 is 14.8 Å². The average Bonchev–Trinajstić information content (AvgIpc) is 2.42. The van der Waals surface area contributed by atoms with E-state index in [4.69, 9.17) is 9.47 Å². The molecule has 1 aromatic carbocycles. The highest BCUT2D eigenvalue weighted by Crippen LogP contribution is 2.23. The van der Waals surface area contributed by atoms with Crippen LogP contribution >= 0.6 is 0 Å². The fraction of sp³-hybridized carbons (Fsp3) is 0.467. The van der Waals surface area contributed by atoms with E-state index in [1.165, 1.54) is 12.1 Å². The van der Waals surface area contributed by atoms with Crippen LogP contribution in [0.5, 0.6) is 5.75 Å². The minimum absolute atomic E-state index is 0.167. The van der Waals surface area contributed by atoms with Gasteiger partial charge >= 0.3 is 0 Å². The molecule has 0 aliphatic rings. The minimum Gasteiger partial charge on any atom is -0.487 e. The fourth-order valence-corrected chi connectivity index (χ4v) is 1.59. The molecule has 0 bridgehead atoms. The summed E-state index contributed by atoms with van der Waals surface area (Å²) in [6.07, 6.45) is 0.440. The van der Waals surface area contributed by atoms with E-state index in [9.17, 15) is 8.78 Å². The van der Waals surface area contributed by atoms with Crippen LogP contribution in [0.2, 0.25) is 0 Å². The van der Waals surface area contributed by atoms with E-state index < -0.39 is 11.6 Å². The molecule has 0 aliphatic carbocycles. The van der Waals surface area contributed by atoms with Gasteiger partial charge in [0.2, 0.25) is 0 Å². The maximum Gasteiger partial charge on any atom is 0.190 e. The Hall–Kier alpha value is -1.64. The molecule has 1 N–H and O–H groups in total. The number of ether oxygens (including phenoxy) is 2. The number of hydrogen-bond donors (Lipinski definition) is 1. The zero-order valence-electron chi connectivity index (χ0n) is 11.8. The fourth-order valence-electron chi connectivity index (χ4n) is 1.59. The number of halogens is 2. The number of methoxy groups -OCH3 is 1. The Kier molecular flexibility index (Phi) is 7.63. The first-order valence-corrected chi connectivity index (χ1v) is 6.39. The summed E-state index contributed by atoms with van der Waals surface area (Å²) >= 11 is 0. The molecule has 0 saturated heterocycles. The molecule has 1 rings (SSSR count). The van der Waals surface area contributed by atoms with E-state index in [2.05, 4.69) is 17.2 Å². The third-order valence-electron chi connectivity index (χ3n) is 2.52. The van der Waals surface area contributed by atoms with Crippen LogP contribution in [0, 0.1) is 23.5 Å². The van der Waals surface area contributed by atoms with Crippen LogP contribution < -0.4 is 10.1 Å². The lowest BCUT2D eigenvalue weighted by Crippen LogP contribution is -2.18. The van der Waals surface area contributed by atoms with Gasteiger partial charge in [-0.05, 0) is 24.6 Å². The SMILES string of the molecule is CC#CCCOc1c(F)cc(CNCCOC)cc1F. The Balaban J connectivity index is 2.58. The molecule has 0 amide bonds. The van der Waals surface area contributed by atoms with Crippen LogP contribution in [0.25, 0.3) is 0 Å². The van der Waals surface area contributed by atoms with E-state index in [1.807, 2.05) is 0 Å². The first kappa shape index (κ1) is 16.4. The molecule has 0 aromatic heterocycles. The highest BCUT2D eigenvalue weighted by Gasteiger charge is 2.12. The van der Waals surface area contributed by atoms with Crippen molar-refractivity contribution in [3.8, 4) is 17.6 Å². The summed E-state index contributed by atoms with van der Waals surface area (Å²) in [5.41, 5.74) is 0.525. The maximum absolute atomic E-state index is 13.7. The van der Waals surface area contributed by atoms with Crippen molar-refractivity contribution in [3.63, 3.8) is 0 Å². The standard InChI is InChI=1S/C15H19F2NO2/c1-3-4-5-7-20-15-13(16)9-12(10-14(15)17)11-18-6-8-19-2/h9-10,18H,5-8,11H2,1-2H3. The molecule has 5 heteroatoms. The van der Waals surface area contributed by atoms with Crippen LogP contribution in [0.1, 0.15) is 18.9 Å². The summed E-state index contributed by atoms with van der Waals surface area (Å²) in [6, 6.07) is 2.54. The summed E-state index contributed by atoms with van der Waals surface area (Å²) in [4.78, 5) is 0. The van der Waals surface area contributed by atoms with Crippen LogP contribution in [0.3, 0.4) is 0 Å². The lowest BCUT2D eigenvalue weighted by Gasteiger charge is -2.10. The van der Waals surface area contributed by atoms with Crippen molar-refractivity contribution in [1.29, 1.82) is 0 Å². The smallest absolute Gasteiger partial charge is 0.190 e. The number of rotatable bonds is 8. The van der Waals surface area contributed by atoms with Crippen LogP contribution in [-0.2, 0) is 11.3 Å². The van der Waals surface area contributed by atoms with E-state index in [0.29, 0.717) is 31.7 Å². The third kappa shape index (κ3) is 5.55. The van der Waals surface area contributed by atoms with Crippen LogP contribution in [0.15, 0.2) is 12.1 Å². The van der Waals surface area contributed by atoms with Gasteiger partial charge in [-0.15, -0.1) is 11.8 Å². The zero-order valence-corrected chi connectivity index (χ0v) is 11.8. The van der Waals surface area contributed by atoms with Gasteiger partial charge in [-0.3, -0.25) is 0 Å². The molecule has 1 aromatic rings. The number of hydrogen-bond acceptors (Lipinski definition) is 3. The topological polar surface area (TPSA) is 30.5 Å². The Morgan fingerprint density at radius 2 is 1.90 bits per heavy atom. The predicted octanol–water partition coefficient (Wildman–Crippen LogP) is 2.49. The van der Waals surface area contributed by atoms with E-state index in [-0.39, 0.29) is 12.4 Å². The number of benzene rings is 1. The molecule has 0 saturated carbocycles. The summed E-state index contributed by atoms with van der Waals surface area (Å²) in [5, 5.41) is 3.02. The highest BCUT2D eigenvalue weighted by molar-refractivity contribution is 5.31. The third-order valence-corrected chi connectivity index (χ3v) is 2.52. The van der Waals surface area contributed by atoms with Gasteiger partial charge in [-0.25, -0.2) is 8.78 Å². The molecular formula is C15H19F2NO2. The average molecular weight is 283 g/mol. The minimum atomic E-state index is -0.696. The summed E-state index contributed by atoms with van der Waals surface area (Å²) in [5.74, 6) is 3.72. The van der Waals surface area contributed by atoms with Crippen molar-refractivity contribution in [3.05, 3.63) is 29.3 Å². The summed E-state index contributed by atoms with van der Waals surface area (Å²) in [7, 11) is 1.59. The number of nitrogens with one attached hydrogen (secondary N) is 1. The molecule has 0 unspecified atom stereocenters. The quantitative estimate of drug-likeness (QED) is 0.587. The van der Waals surface area contributed by atoms with Crippen LogP contribution in [0.4, 0.5) is 8.78 Å². The molecular weight excluding hydrogens is 264 g/mol. The summed E-state index contributed by atoms with van der Waals surface area (Å²) in [6.45, 7) is 3.41. The van der Waals surface area contributed by atoms with Crippen molar-refractivity contribution in [2.45, 2.75) is 19.9 Å². The lowest BCUT2D eigenvalue weighted by molar-refractivity contribution is 0.199. The second kappa shape index (κ2) is 9.29. The Bertz CT molecular complexity index is 457. The van der Waals surface area contributed by atoms with Gasteiger partial charge in [-0.2, -0.15) is 0 Å². The van der Waals surface area contributed by atoms with Crippen molar-refractivity contribution in [1.82, 2.24) is 5.32 Å². The second-order valence-corrected chi connectivity index (χ2v) is 4.08. The van der Waals surface area contributed by atoms with Gasteiger partial charge in [0.25, 0.3) is 0 Å². The van der Waals surface area contributed by atoms with E-state index in [1.54, 1.807) is 14.0 Å². The monoisotopic (exact) mass is 283 g/mol. The highest BCUT2D eigenvalue weighted by atomic mass is 19.1. The van der Waals surface area contributed by atoms with Gasteiger partial charge in [0.05, 0.1) is 13.2 Å². The van der Waals surface area contributed by atoms with Gasteiger partial charge in [-0.1, -0.05) is 0 Å².